The second kappa shape index (κ2) is 6.93. The van der Waals surface area contributed by atoms with Gasteiger partial charge in [0.15, 0.2) is 0 Å². The van der Waals surface area contributed by atoms with Crippen LogP contribution in [0, 0.1) is 6.92 Å². The normalized spacial score (nSPS) is 11.8. The lowest BCUT2D eigenvalue weighted by molar-refractivity contribution is -0.119. The van der Waals surface area contributed by atoms with Crippen LogP contribution in [0.3, 0.4) is 0 Å². The van der Waals surface area contributed by atoms with Gasteiger partial charge >= 0.3 is 0 Å². The smallest absolute Gasteiger partial charge is 0.224 e. The zero-order chi connectivity index (χ0) is 15.2. The Hall–Kier alpha value is -2.29. The first-order valence-electron chi connectivity index (χ1n) is 7.21. The zero-order valence-corrected chi connectivity index (χ0v) is 12.8. The summed E-state index contributed by atoms with van der Waals surface area (Å²) in [6.45, 7) is 4.21. The van der Waals surface area contributed by atoms with Gasteiger partial charge in [0.1, 0.15) is 0 Å². The van der Waals surface area contributed by atoms with Gasteiger partial charge in [-0.1, -0.05) is 48.0 Å². The lowest BCUT2D eigenvalue weighted by Gasteiger charge is -2.18. The number of carbonyl (C=O) groups excluding carboxylic acids is 1. The summed E-state index contributed by atoms with van der Waals surface area (Å²) in [6.07, 6.45) is 0.389. The van der Waals surface area contributed by atoms with Crippen LogP contribution in [0.15, 0.2) is 48.5 Å². The highest BCUT2D eigenvalue weighted by Crippen LogP contribution is 2.23. The zero-order valence-electron chi connectivity index (χ0n) is 12.8. The Kier molecular flexibility index (Phi) is 4.99. The molecule has 1 amide bonds. The minimum absolute atomic E-state index is 0.0206. The number of benzene rings is 2. The number of rotatable bonds is 5. The molecule has 3 nitrogen and oxygen atoms in total. The van der Waals surface area contributed by atoms with Gasteiger partial charge < -0.3 is 10.6 Å². The number of carbonyl (C=O) groups is 1. The van der Waals surface area contributed by atoms with Crippen LogP contribution in [0.25, 0.3) is 0 Å². The molecule has 110 valence electrons. The van der Waals surface area contributed by atoms with E-state index in [2.05, 4.69) is 48.7 Å². The summed E-state index contributed by atoms with van der Waals surface area (Å²) in [6, 6.07) is 16.6. The van der Waals surface area contributed by atoms with Crippen molar-refractivity contribution in [1.29, 1.82) is 0 Å². The first-order valence-corrected chi connectivity index (χ1v) is 7.21. The number of amides is 1. The van der Waals surface area contributed by atoms with E-state index in [1.807, 2.05) is 24.3 Å². The van der Waals surface area contributed by atoms with Gasteiger partial charge in [0, 0.05) is 18.8 Å². The summed E-state index contributed by atoms with van der Waals surface area (Å²) < 4.78 is 0. The molecule has 1 atom stereocenters. The van der Waals surface area contributed by atoms with E-state index in [0.717, 1.165) is 11.3 Å². The van der Waals surface area contributed by atoms with Gasteiger partial charge in [0.05, 0.1) is 6.42 Å². The molecule has 1 unspecified atom stereocenters. The van der Waals surface area contributed by atoms with Gasteiger partial charge in [0.2, 0.25) is 5.91 Å². The highest BCUT2D eigenvalue weighted by atomic mass is 16.1. The summed E-state index contributed by atoms with van der Waals surface area (Å²) >= 11 is 0. The van der Waals surface area contributed by atoms with E-state index in [1.165, 1.54) is 11.1 Å². The molecule has 0 heterocycles. The molecule has 0 fully saturated rings. The Balaban J connectivity index is 2.15. The lowest BCUT2D eigenvalue weighted by atomic mass is 10.0. The van der Waals surface area contributed by atoms with Gasteiger partial charge in [-0.3, -0.25) is 4.79 Å². The van der Waals surface area contributed by atoms with Crippen LogP contribution < -0.4 is 10.6 Å². The van der Waals surface area contributed by atoms with Crippen molar-refractivity contribution in [2.24, 2.45) is 0 Å². The van der Waals surface area contributed by atoms with Gasteiger partial charge in [-0.15, -0.1) is 0 Å². The average Bonchev–Trinajstić information content (AvgIpc) is 2.49. The Labute approximate surface area is 126 Å². The molecule has 0 saturated heterocycles. The third-order valence-electron chi connectivity index (χ3n) is 3.60. The van der Waals surface area contributed by atoms with Crippen LogP contribution >= 0.6 is 0 Å². The van der Waals surface area contributed by atoms with Gasteiger partial charge in [-0.05, 0) is 31.0 Å². The minimum atomic E-state index is 0.0206. The van der Waals surface area contributed by atoms with Crippen LogP contribution in [0.4, 0.5) is 5.69 Å². The fraction of sp³-hybridized carbons (Fsp3) is 0.278. The average molecular weight is 282 g/mol. The third-order valence-corrected chi connectivity index (χ3v) is 3.60. The van der Waals surface area contributed by atoms with Crippen LogP contribution in [0.5, 0.6) is 0 Å². The van der Waals surface area contributed by atoms with Crippen molar-refractivity contribution in [1.82, 2.24) is 5.32 Å². The Morgan fingerprint density at radius 3 is 2.43 bits per heavy atom. The second-order valence-corrected chi connectivity index (χ2v) is 5.28. The van der Waals surface area contributed by atoms with Crippen LogP contribution in [-0.4, -0.2) is 13.0 Å². The fourth-order valence-electron chi connectivity index (χ4n) is 2.25. The van der Waals surface area contributed by atoms with E-state index in [0.29, 0.717) is 6.42 Å². The van der Waals surface area contributed by atoms with E-state index >= 15 is 0 Å². The summed E-state index contributed by atoms with van der Waals surface area (Å²) in [5.74, 6) is 0.0206. The lowest BCUT2D eigenvalue weighted by Crippen LogP contribution is -2.20. The van der Waals surface area contributed by atoms with E-state index in [4.69, 9.17) is 0 Å². The fourth-order valence-corrected chi connectivity index (χ4v) is 2.25. The monoisotopic (exact) mass is 282 g/mol. The maximum atomic E-state index is 11.6. The van der Waals surface area contributed by atoms with Crippen molar-refractivity contribution < 1.29 is 4.79 Å². The molecule has 0 bridgehead atoms. The molecular weight excluding hydrogens is 260 g/mol. The molecule has 2 N–H and O–H groups in total. The van der Waals surface area contributed by atoms with Crippen LogP contribution in [0.2, 0.25) is 0 Å². The Morgan fingerprint density at radius 2 is 1.76 bits per heavy atom. The van der Waals surface area contributed by atoms with Crippen molar-refractivity contribution in [3.8, 4) is 0 Å². The molecule has 2 rings (SSSR count). The van der Waals surface area contributed by atoms with E-state index in [-0.39, 0.29) is 11.9 Å². The van der Waals surface area contributed by atoms with Crippen LogP contribution in [0.1, 0.15) is 29.7 Å². The summed E-state index contributed by atoms with van der Waals surface area (Å²) in [5, 5.41) is 6.16. The van der Waals surface area contributed by atoms with Crippen molar-refractivity contribution in [3.05, 3.63) is 65.2 Å². The maximum absolute atomic E-state index is 11.6. The van der Waals surface area contributed by atoms with Crippen LogP contribution in [-0.2, 0) is 11.2 Å². The molecule has 2 aromatic rings. The van der Waals surface area contributed by atoms with E-state index < -0.39 is 0 Å². The number of likely N-dealkylation sites (N-methyl/N-ethyl adjacent to an activating group) is 1. The quantitative estimate of drug-likeness (QED) is 0.882. The second-order valence-electron chi connectivity index (χ2n) is 5.28. The molecule has 0 aliphatic carbocycles. The van der Waals surface area contributed by atoms with Crippen molar-refractivity contribution in [2.45, 2.75) is 26.3 Å². The molecule has 2 aromatic carbocycles. The van der Waals surface area contributed by atoms with E-state index in [1.54, 1.807) is 7.05 Å². The molecule has 0 aromatic heterocycles. The van der Waals surface area contributed by atoms with E-state index in [9.17, 15) is 4.79 Å². The van der Waals surface area contributed by atoms with Crippen molar-refractivity contribution in [2.75, 3.05) is 12.4 Å². The summed E-state index contributed by atoms with van der Waals surface area (Å²) in [5.41, 5.74) is 4.51. The summed E-state index contributed by atoms with van der Waals surface area (Å²) in [7, 11) is 1.66. The number of hydrogen-bond acceptors (Lipinski definition) is 2. The topological polar surface area (TPSA) is 41.1 Å². The third kappa shape index (κ3) is 4.09. The van der Waals surface area contributed by atoms with Gasteiger partial charge in [0.25, 0.3) is 0 Å². The Bertz CT molecular complexity index is 605. The SMILES string of the molecule is CNC(=O)Cc1ccccc1NC(C)c1ccc(C)cc1. The molecule has 0 radical (unpaired) electrons. The first kappa shape index (κ1) is 15.1. The maximum Gasteiger partial charge on any atom is 0.224 e. The predicted octanol–water partition coefficient (Wildman–Crippen LogP) is 3.46. The molecule has 3 heteroatoms. The van der Waals surface area contributed by atoms with Crippen molar-refractivity contribution >= 4 is 11.6 Å². The number of aryl methyl sites for hydroxylation is 1. The van der Waals surface area contributed by atoms with Crippen molar-refractivity contribution in [3.63, 3.8) is 0 Å². The van der Waals surface area contributed by atoms with Gasteiger partial charge in [-0.2, -0.15) is 0 Å². The molecule has 21 heavy (non-hydrogen) atoms. The standard InChI is InChI=1S/C18H22N2O/c1-13-8-10-15(11-9-13)14(2)20-17-7-5-4-6-16(17)12-18(21)19-3/h4-11,14,20H,12H2,1-3H3,(H,19,21). The number of anilines is 1. The highest BCUT2D eigenvalue weighted by molar-refractivity contribution is 5.80. The largest absolute Gasteiger partial charge is 0.378 e. The highest BCUT2D eigenvalue weighted by Gasteiger charge is 2.10. The number of nitrogens with one attached hydrogen (secondary N) is 2. The first-order chi connectivity index (χ1) is 10.1. The molecule has 0 aliphatic rings. The Morgan fingerprint density at radius 1 is 1.10 bits per heavy atom. The molecule has 0 saturated carbocycles. The predicted molar refractivity (Wildman–Crippen MR) is 87.4 cm³/mol. The molecular formula is C18H22N2O. The molecule has 0 aliphatic heterocycles. The van der Waals surface area contributed by atoms with Gasteiger partial charge in [-0.25, -0.2) is 0 Å². The number of para-hydroxylation sites is 1. The number of hydrogen-bond donors (Lipinski definition) is 2. The minimum Gasteiger partial charge on any atom is -0.378 e. The summed E-state index contributed by atoms with van der Waals surface area (Å²) in [4.78, 5) is 11.6. The molecule has 0 spiro atoms.